The number of allylic oxidation sites excluding steroid dienone is 5. The van der Waals surface area contributed by atoms with E-state index in [0.29, 0.717) is 57.0 Å². The Morgan fingerprint density at radius 2 is 1.52 bits per heavy atom. The first-order valence-electron chi connectivity index (χ1n) is 19.7. The first kappa shape index (κ1) is 35.5. The zero-order valence-electron chi connectivity index (χ0n) is 31.5. The van der Waals surface area contributed by atoms with Crippen LogP contribution in [0.2, 0.25) is 0 Å². The van der Waals surface area contributed by atoms with E-state index in [2.05, 4.69) is 11.6 Å². The third-order valence-electron chi connectivity index (χ3n) is 12.9. The minimum Gasteiger partial charge on any atom is -0.507 e. The van der Waals surface area contributed by atoms with E-state index in [-0.39, 0.29) is 42.0 Å². The van der Waals surface area contributed by atoms with Crippen LogP contribution in [-0.4, -0.2) is 33.5 Å². The Balaban J connectivity index is 1.11. The molecule has 1 saturated heterocycles. The highest BCUT2D eigenvalue weighted by Crippen LogP contribution is 2.64. The molecule has 0 unspecified atom stereocenters. The number of aromatic hydroxyl groups is 1. The molecule has 1 aliphatic heterocycles. The summed E-state index contributed by atoms with van der Waals surface area (Å²) in [5.74, 6) is -4.38. The Kier molecular flexibility index (Phi) is 8.33. The minimum absolute atomic E-state index is 0.0256. The van der Waals surface area contributed by atoms with Gasteiger partial charge in [-0.1, -0.05) is 109 Å². The number of anilines is 1. The van der Waals surface area contributed by atoms with Gasteiger partial charge in [-0.05, 0) is 84.3 Å². The Hall–Kier alpha value is -6.93. The summed E-state index contributed by atoms with van der Waals surface area (Å²) in [5, 5.41) is 12.1. The molecular formula is C50H38N2O6. The van der Waals surface area contributed by atoms with Gasteiger partial charge in [-0.15, -0.1) is 6.58 Å². The second-order valence-electron chi connectivity index (χ2n) is 15.7. The van der Waals surface area contributed by atoms with E-state index in [0.717, 1.165) is 11.1 Å². The number of para-hydroxylation sites is 3. The molecule has 5 aromatic carbocycles. The molecule has 6 aromatic rings. The van der Waals surface area contributed by atoms with Crippen LogP contribution in [0.4, 0.5) is 5.69 Å². The number of hydrogen-bond donors (Lipinski definition) is 1. The zero-order chi connectivity index (χ0) is 39.7. The van der Waals surface area contributed by atoms with Crippen molar-refractivity contribution < 1.29 is 28.7 Å². The number of oxazole rings is 1. The fourth-order valence-corrected chi connectivity index (χ4v) is 10.4. The van der Waals surface area contributed by atoms with E-state index in [4.69, 9.17) is 4.42 Å². The van der Waals surface area contributed by atoms with E-state index in [1.54, 1.807) is 30.3 Å². The molecule has 0 spiro atoms. The molecule has 1 N–H and O–H groups in total. The smallest absolute Gasteiger partial charge is 0.238 e. The lowest BCUT2D eigenvalue weighted by Gasteiger charge is -2.55. The van der Waals surface area contributed by atoms with E-state index in [1.807, 2.05) is 109 Å². The molecule has 2 heterocycles. The first-order valence-corrected chi connectivity index (χ1v) is 19.7. The van der Waals surface area contributed by atoms with Crippen molar-refractivity contribution in [1.29, 1.82) is 0 Å². The molecular weight excluding hydrogens is 725 g/mol. The molecule has 2 amide bonds. The average molecular weight is 763 g/mol. The Morgan fingerprint density at radius 1 is 0.793 bits per heavy atom. The lowest BCUT2D eigenvalue weighted by atomic mass is 9.44. The Labute approximate surface area is 334 Å². The van der Waals surface area contributed by atoms with Crippen LogP contribution in [0.25, 0.3) is 28.1 Å². The topological polar surface area (TPSA) is 118 Å². The molecule has 1 aromatic heterocycles. The van der Waals surface area contributed by atoms with Gasteiger partial charge < -0.3 is 9.52 Å². The molecule has 3 aliphatic carbocycles. The number of benzene rings is 5. The maximum Gasteiger partial charge on any atom is 0.238 e. The molecule has 1 saturated carbocycles. The van der Waals surface area contributed by atoms with Gasteiger partial charge in [0, 0.05) is 28.5 Å². The van der Waals surface area contributed by atoms with Gasteiger partial charge >= 0.3 is 0 Å². The molecule has 2 fully saturated rings. The van der Waals surface area contributed by atoms with Crippen molar-refractivity contribution in [3.63, 3.8) is 0 Å². The van der Waals surface area contributed by atoms with Crippen LogP contribution in [-0.2, 0) is 31.0 Å². The van der Waals surface area contributed by atoms with Gasteiger partial charge in [0.1, 0.15) is 11.3 Å². The summed E-state index contributed by atoms with van der Waals surface area (Å²) in [6.07, 6.45) is 6.04. The molecule has 284 valence electrons. The van der Waals surface area contributed by atoms with Crippen LogP contribution >= 0.6 is 0 Å². The van der Waals surface area contributed by atoms with Gasteiger partial charge in [-0.25, -0.2) is 4.98 Å². The van der Waals surface area contributed by atoms with Gasteiger partial charge in [-0.3, -0.25) is 24.1 Å². The van der Waals surface area contributed by atoms with Crippen LogP contribution in [0.3, 0.4) is 0 Å². The van der Waals surface area contributed by atoms with Crippen molar-refractivity contribution >= 4 is 45.7 Å². The first-order chi connectivity index (χ1) is 28.3. The monoisotopic (exact) mass is 762 g/mol. The molecule has 6 atom stereocenters. The molecule has 0 bridgehead atoms. The highest BCUT2D eigenvalue weighted by Gasteiger charge is 2.66. The largest absolute Gasteiger partial charge is 0.507 e. The lowest BCUT2D eigenvalue weighted by molar-refractivity contribution is -0.135. The number of aromatic nitrogens is 1. The van der Waals surface area contributed by atoms with Crippen molar-refractivity contribution in [2.24, 2.45) is 23.7 Å². The number of amides is 2. The molecule has 0 radical (unpaired) electrons. The molecule has 58 heavy (non-hydrogen) atoms. The standard InChI is InChI=1S/C50H38N2O6/c1-2-12-30-15-11-18-36(45(30)54)44-34-25-26-35-43(49(57)52(48(35)56)33-23-21-31(22-24-33)47-51-40-19-9-10-20-41(40)58-47)38(34)27-39-46(55)37(29-13-5-3-6-14-29)28-42(53)50(39,44)32-16-7-4-8-17-32/h2-11,13-25,28,35,38-39,43-44,54H,1,12,26-27H2/t35-,38+,39-,43-,44+,50-/m0/s1. The number of ketones is 2. The van der Waals surface area contributed by atoms with Gasteiger partial charge in [0.2, 0.25) is 17.7 Å². The summed E-state index contributed by atoms with van der Waals surface area (Å²) in [4.78, 5) is 65.7. The number of hydrogen-bond acceptors (Lipinski definition) is 7. The maximum absolute atomic E-state index is 15.3. The lowest BCUT2D eigenvalue weighted by Crippen LogP contribution is -2.58. The fraction of sp³-hybridized carbons (Fsp3) is 0.180. The van der Waals surface area contributed by atoms with Crippen LogP contribution in [0.5, 0.6) is 5.75 Å². The van der Waals surface area contributed by atoms with E-state index < -0.39 is 35.0 Å². The Morgan fingerprint density at radius 3 is 2.26 bits per heavy atom. The van der Waals surface area contributed by atoms with Gasteiger partial charge in [0.05, 0.1) is 22.9 Å². The predicted octanol–water partition coefficient (Wildman–Crippen LogP) is 8.96. The third-order valence-corrected chi connectivity index (χ3v) is 12.9. The summed E-state index contributed by atoms with van der Waals surface area (Å²) in [6.45, 7) is 3.89. The summed E-state index contributed by atoms with van der Waals surface area (Å²) in [6, 6.07) is 38.6. The van der Waals surface area contributed by atoms with Crippen molar-refractivity contribution in [2.75, 3.05) is 4.90 Å². The number of nitrogens with zero attached hydrogens (tertiary/aromatic N) is 2. The third kappa shape index (κ3) is 5.17. The average Bonchev–Trinajstić information content (AvgIpc) is 3.81. The number of imide groups is 1. The number of fused-ring (bicyclic) bond motifs is 5. The summed E-state index contributed by atoms with van der Waals surface area (Å²) >= 11 is 0. The normalized spacial score (nSPS) is 25.2. The zero-order valence-corrected chi connectivity index (χ0v) is 31.5. The number of rotatable bonds is 7. The number of Topliss-reactive ketones (excluding diaryl/α,β-unsaturated/α-hetero) is 1. The van der Waals surface area contributed by atoms with E-state index in [9.17, 15) is 14.7 Å². The van der Waals surface area contributed by atoms with Gasteiger partial charge in [0.25, 0.3) is 0 Å². The molecule has 8 heteroatoms. The molecule has 4 aliphatic rings. The van der Waals surface area contributed by atoms with Crippen molar-refractivity contribution in [3.05, 3.63) is 180 Å². The Bertz CT molecular complexity index is 2710. The second kappa shape index (κ2) is 13.6. The fourth-order valence-electron chi connectivity index (χ4n) is 10.4. The second-order valence-corrected chi connectivity index (χ2v) is 15.7. The number of phenols is 1. The van der Waals surface area contributed by atoms with Crippen molar-refractivity contribution in [3.8, 4) is 17.2 Å². The maximum atomic E-state index is 15.3. The molecule has 10 rings (SSSR count). The van der Waals surface area contributed by atoms with E-state index >= 15 is 9.59 Å². The summed E-state index contributed by atoms with van der Waals surface area (Å²) in [7, 11) is 0. The van der Waals surface area contributed by atoms with Crippen molar-refractivity contribution in [1.82, 2.24) is 4.98 Å². The molecule has 8 nitrogen and oxygen atoms in total. The summed E-state index contributed by atoms with van der Waals surface area (Å²) < 4.78 is 5.97. The van der Waals surface area contributed by atoms with Crippen LogP contribution in [0.15, 0.2) is 162 Å². The van der Waals surface area contributed by atoms with Crippen LogP contribution in [0, 0.1) is 23.7 Å². The van der Waals surface area contributed by atoms with Crippen LogP contribution < -0.4 is 4.90 Å². The minimum atomic E-state index is -1.44. The number of phenolic OH excluding ortho intramolecular Hbond substituents is 1. The van der Waals surface area contributed by atoms with Crippen LogP contribution in [0.1, 0.15) is 41.0 Å². The highest BCUT2D eigenvalue weighted by molar-refractivity contribution is 6.32. The highest BCUT2D eigenvalue weighted by atomic mass is 16.3. The SMILES string of the molecule is C=CCc1cccc([C@H]2C3=CC[C@@H]4C(=O)N(c5ccc(-c6nc7ccccc7o6)cc5)C(=O)[C@@H]4[C@@H]3C[C@H]3C(=O)C(c4ccccc4)=CC(=O)[C@@]23c2ccccc2)c1O. The van der Waals surface area contributed by atoms with E-state index in [1.165, 1.54) is 11.0 Å². The quantitative estimate of drug-likeness (QED) is 0.128. The summed E-state index contributed by atoms with van der Waals surface area (Å²) in [5.41, 5.74) is 4.63. The predicted molar refractivity (Wildman–Crippen MR) is 221 cm³/mol. The number of carbonyl (C=O) groups excluding carboxylic acids is 4. The van der Waals surface area contributed by atoms with Gasteiger partial charge in [0.15, 0.2) is 17.1 Å². The van der Waals surface area contributed by atoms with Crippen molar-refractivity contribution in [2.45, 2.75) is 30.6 Å². The van der Waals surface area contributed by atoms with Gasteiger partial charge in [-0.2, -0.15) is 0 Å². The number of carbonyl (C=O) groups is 4.